The zero-order valence-electron chi connectivity index (χ0n) is 9.38. The first kappa shape index (κ1) is 11.2. The van der Waals surface area contributed by atoms with Gasteiger partial charge < -0.3 is 9.26 Å². The smallest absolute Gasteiger partial charge is 0.397 e. The van der Waals surface area contributed by atoms with E-state index in [1.54, 1.807) is 19.2 Å². The van der Waals surface area contributed by atoms with Gasteiger partial charge in [0.1, 0.15) is 0 Å². The van der Waals surface area contributed by atoms with Crippen LogP contribution in [0.1, 0.15) is 23.3 Å². The maximum absolute atomic E-state index is 11.3. The van der Waals surface area contributed by atoms with Gasteiger partial charge in [0.05, 0.1) is 6.61 Å². The minimum Gasteiger partial charge on any atom is -0.459 e. The van der Waals surface area contributed by atoms with Crippen LogP contribution in [0, 0.1) is 6.92 Å². The number of esters is 1. The number of ether oxygens (including phenoxy) is 1. The number of hydrogen-bond donors (Lipinski definition) is 0. The average molecular weight is 234 g/mol. The number of aromatic nitrogens is 4. The van der Waals surface area contributed by atoms with E-state index in [9.17, 15) is 4.79 Å². The molecule has 0 N–H and O–H groups in total. The van der Waals surface area contributed by atoms with Crippen molar-refractivity contribution in [3.8, 4) is 11.6 Å². The first-order valence-electron chi connectivity index (χ1n) is 5.01. The van der Waals surface area contributed by atoms with Crippen molar-refractivity contribution in [1.29, 1.82) is 0 Å². The molecule has 2 heterocycles. The fraction of sp³-hybridized carbons (Fsp3) is 0.300. The maximum atomic E-state index is 11.3. The van der Waals surface area contributed by atoms with E-state index in [2.05, 4.69) is 20.1 Å². The third kappa shape index (κ3) is 2.44. The van der Waals surface area contributed by atoms with Crippen LogP contribution >= 0.6 is 0 Å². The first-order valence-corrected chi connectivity index (χ1v) is 5.01. The van der Waals surface area contributed by atoms with Gasteiger partial charge in [-0.15, -0.1) is 0 Å². The summed E-state index contributed by atoms with van der Waals surface area (Å²) in [5.74, 6) is -0.382. The number of carbonyl (C=O) groups excluding carboxylic acids is 1. The van der Waals surface area contributed by atoms with Crippen LogP contribution in [0.2, 0.25) is 0 Å². The van der Waals surface area contributed by atoms with Crippen LogP contribution in [-0.2, 0) is 4.74 Å². The molecule has 0 aliphatic rings. The van der Waals surface area contributed by atoms with Gasteiger partial charge in [-0.05, 0) is 19.9 Å². The molecule has 2 aromatic heterocycles. The average Bonchev–Trinajstić information content (AvgIpc) is 2.78. The lowest BCUT2D eigenvalue weighted by atomic mass is 10.4. The van der Waals surface area contributed by atoms with Gasteiger partial charge in [-0.25, -0.2) is 14.8 Å². The molecule has 0 atom stereocenters. The van der Waals surface area contributed by atoms with Crippen molar-refractivity contribution in [3.05, 3.63) is 23.8 Å². The van der Waals surface area contributed by atoms with Crippen LogP contribution in [0.15, 0.2) is 16.8 Å². The standard InChI is InChI=1S/C10H10N4O3/c1-3-16-10(15)9-13-8(14-17-9)7-11-5-4-6(2)12-7/h4-5H,3H2,1-2H3. The van der Waals surface area contributed by atoms with Gasteiger partial charge in [0.15, 0.2) is 0 Å². The van der Waals surface area contributed by atoms with E-state index < -0.39 is 5.97 Å². The Morgan fingerprint density at radius 2 is 2.24 bits per heavy atom. The van der Waals surface area contributed by atoms with E-state index >= 15 is 0 Å². The van der Waals surface area contributed by atoms with Gasteiger partial charge in [0.25, 0.3) is 0 Å². The molecule has 0 aliphatic carbocycles. The van der Waals surface area contributed by atoms with Gasteiger partial charge in [0.2, 0.25) is 11.6 Å². The Kier molecular flexibility index (Phi) is 3.08. The summed E-state index contributed by atoms with van der Waals surface area (Å²) in [7, 11) is 0. The molecule has 0 saturated carbocycles. The second-order valence-electron chi connectivity index (χ2n) is 3.17. The molecule has 7 heteroatoms. The third-order valence-corrected chi connectivity index (χ3v) is 1.87. The SMILES string of the molecule is CCOC(=O)c1nc(-c2nccc(C)n2)no1. The molecule has 0 radical (unpaired) electrons. The largest absolute Gasteiger partial charge is 0.459 e. The Bertz CT molecular complexity index is 538. The molecule has 0 saturated heterocycles. The highest BCUT2D eigenvalue weighted by molar-refractivity contribution is 5.84. The zero-order valence-corrected chi connectivity index (χ0v) is 9.38. The lowest BCUT2D eigenvalue weighted by Gasteiger charge is -1.94. The molecule has 7 nitrogen and oxygen atoms in total. The van der Waals surface area contributed by atoms with Crippen molar-refractivity contribution in [1.82, 2.24) is 20.1 Å². The predicted octanol–water partition coefficient (Wildman–Crippen LogP) is 1.01. The number of carbonyl (C=O) groups is 1. The minimum atomic E-state index is -0.654. The lowest BCUT2D eigenvalue weighted by molar-refractivity contribution is 0.0470. The second-order valence-corrected chi connectivity index (χ2v) is 3.17. The highest BCUT2D eigenvalue weighted by atomic mass is 16.6. The molecule has 0 spiro atoms. The van der Waals surface area contributed by atoms with Crippen molar-refractivity contribution in [3.63, 3.8) is 0 Å². The van der Waals surface area contributed by atoms with E-state index in [4.69, 9.17) is 9.26 Å². The van der Waals surface area contributed by atoms with Gasteiger partial charge in [-0.3, -0.25) is 0 Å². The summed E-state index contributed by atoms with van der Waals surface area (Å²) >= 11 is 0. The lowest BCUT2D eigenvalue weighted by Crippen LogP contribution is -2.04. The van der Waals surface area contributed by atoms with Crippen molar-refractivity contribution in [2.45, 2.75) is 13.8 Å². The van der Waals surface area contributed by atoms with Crippen LogP contribution in [0.3, 0.4) is 0 Å². The summed E-state index contributed by atoms with van der Waals surface area (Å²) in [5, 5.41) is 3.62. The summed E-state index contributed by atoms with van der Waals surface area (Å²) in [5.41, 5.74) is 0.775. The van der Waals surface area contributed by atoms with E-state index in [0.29, 0.717) is 5.82 Å². The molecule has 0 unspecified atom stereocenters. The molecule has 88 valence electrons. The Morgan fingerprint density at radius 3 is 2.94 bits per heavy atom. The molecule has 17 heavy (non-hydrogen) atoms. The molecule has 0 bridgehead atoms. The number of hydrogen-bond acceptors (Lipinski definition) is 7. The Labute approximate surface area is 96.8 Å². The highest BCUT2D eigenvalue weighted by Gasteiger charge is 2.18. The predicted molar refractivity (Wildman–Crippen MR) is 56.0 cm³/mol. The van der Waals surface area contributed by atoms with Crippen LogP contribution in [-0.4, -0.2) is 32.7 Å². The maximum Gasteiger partial charge on any atom is 0.397 e. The minimum absolute atomic E-state index is 0.164. The molecule has 0 amide bonds. The van der Waals surface area contributed by atoms with Crippen LogP contribution in [0.25, 0.3) is 11.6 Å². The van der Waals surface area contributed by atoms with Crippen LogP contribution < -0.4 is 0 Å². The van der Waals surface area contributed by atoms with E-state index in [-0.39, 0.29) is 18.3 Å². The Balaban J connectivity index is 2.27. The van der Waals surface area contributed by atoms with Gasteiger partial charge in [-0.2, -0.15) is 4.98 Å². The molecular formula is C10H10N4O3. The van der Waals surface area contributed by atoms with Gasteiger partial charge in [-0.1, -0.05) is 5.16 Å². The van der Waals surface area contributed by atoms with Gasteiger partial charge in [0, 0.05) is 11.9 Å². The summed E-state index contributed by atoms with van der Waals surface area (Å²) in [6.07, 6.45) is 1.58. The Hall–Kier alpha value is -2.31. The highest BCUT2D eigenvalue weighted by Crippen LogP contribution is 2.10. The molecule has 0 fully saturated rings. The quantitative estimate of drug-likeness (QED) is 0.732. The van der Waals surface area contributed by atoms with Crippen LogP contribution in [0.4, 0.5) is 0 Å². The zero-order chi connectivity index (χ0) is 12.3. The molecule has 2 aromatic rings. The van der Waals surface area contributed by atoms with Crippen molar-refractivity contribution < 1.29 is 14.1 Å². The molecule has 2 rings (SSSR count). The molecule has 0 aromatic carbocycles. The second kappa shape index (κ2) is 4.69. The van der Waals surface area contributed by atoms with E-state index in [1.165, 1.54) is 0 Å². The van der Waals surface area contributed by atoms with E-state index in [1.807, 2.05) is 6.92 Å². The number of aryl methyl sites for hydroxylation is 1. The number of rotatable bonds is 3. The third-order valence-electron chi connectivity index (χ3n) is 1.87. The number of nitrogens with zero attached hydrogens (tertiary/aromatic N) is 4. The monoisotopic (exact) mass is 234 g/mol. The van der Waals surface area contributed by atoms with Crippen molar-refractivity contribution in [2.75, 3.05) is 6.61 Å². The fourth-order valence-electron chi connectivity index (χ4n) is 1.15. The van der Waals surface area contributed by atoms with Crippen molar-refractivity contribution >= 4 is 5.97 Å². The summed E-state index contributed by atoms with van der Waals surface area (Å²) in [6, 6.07) is 1.75. The van der Waals surface area contributed by atoms with E-state index in [0.717, 1.165) is 5.69 Å². The Morgan fingerprint density at radius 1 is 1.41 bits per heavy atom. The fourth-order valence-corrected chi connectivity index (χ4v) is 1.15. The first-order chi connectivity index (χ1) is 8.20. The normalized spacial score (nSPS) is 10.2. The molecule has 0 aliphatic heterocycles. The van der Waals surface area contributed by atoms with Crippen LogP contribution in [0.5, 0.6) is 0 Å². The van der Waals surface area contributed by atoms with Crippen molar-refractivity contribution in [2.24, 2.45) is 0 Å². The summed E-state index contributed by atoms with van der Waals surface area (Å²) in [4.78, 5) is 23.3. The summed E-state index contributed by atoms with van der Waals surface area (Å²) in [6.45, 7) is 3.76. The summed E-state index contributed by atoms with van der Waals surface area (Å²) < 4.78 is 9.48. The topological polar surface area (TPSA) is 91.0 Å². The van der Waals surface area contributed by atoms with Gasteiger partial charge >= 0.3 is 11.9 Å². The molecular weight excluding hydrogens is 224 g/mol.